The Bertz CT molecular complexity index is 141. The molecule has 10 heavy (non-hydrogen) atoms. The van der Waals surface area contributed by atoms with Crippen molar-refractivity contribution >= 4 is 5.91 Å². The first-order valence-electron chi connectivity index (χ1n) is 3.24. The van der Waals surface area contributed by atoms with Crippen molar-refractivity contribution in [3.05, 3.63) is 12.3 Å². The summed E-state index contributed by atoms with van der Waals surface area (Å²) in [6, 6.07) is 0. The van der Waals surface area contributed by atoms with Crippen molar-refractivity contribution < 1.29 is 4.79 Å². The molecule has 0 aromatic rings. The van der Waals surface area contributed by atoms with Crippen LogP contribution in [0.25, 0.3) is 0 Å². The summed E-state index contributed by atoms with van der Waals surface area (Å²) in [5.74, 6) is -0.0677. The molecule has 0 radical (unpaired) electrons. The maximum atomic E-state index is 11.0. The molecule has 1 amide bonds. The maximum absolute atomic E-state index is 11.0. The molecule has 0 aliphatic rings. The zero-order valence-electron chi connectivity index (χ0n) is 6.77. The summed E-state index contributed by atoms with van der Waals surface area (Å²) in [6.07, 6.45) is 0. The highest BCUT2D eigenvalue weighted by molar-refractivity contribution is 5.91. The molecule has 0 aromatic carbocycles. The van der Waals surface area contributed by atoms with E-state index < -0.39 is 0 Å². The van der Waals surface area contributed by atoms with Crippen molar-refractivity contribution in [1.29, 1.82) is 0 Å². The summed E-state index contributed by atoms with van der Waals surface area (Å²) in [7, 11) is 3.40. The van der Waals surface area contributed by atoms with Crippen LogP contribution in [0.5, 0.6) is 0 Å². The van der Waals surface area contributed by atoms with Crippen LogP contribution in [-0.2, 0) is 4.79 Å². The fraction of sp³-hybridized carbons (Fsp3) is 0.571. The second-order valence-corrected chi connectivity index (χ2v) is 2.21. The monoisotopic (exact) mass is 142 g/mol. The lowest BCUT2D eigenvalue weighted by molar-refractivity contribution is -0.125. The predicted octanol–water partition coefficient (Wildman–Crippen LogP) is 0.198. The molecule has 3 nitrogen and oxygen atoms in total. The largest absolute Gasteiger partial charge is 0.381 e. The number of hydrogen-bond donors (Lipinski definition) is 1. The molecule has 0 fully saturated rings. The SMILES string of the molecule is C=C(NCC)C(=O)N(C)C. The number of hydrogen-bond acceptors (Lipinski definition) is 2. The van der Waals surface area contributed by atoms with E-state index in [1.165, 1.54) is 4.90 Å². The number of carbonyl (C=O) groups is 1. The molecule has 58 valence electrons. The van der Waals surface area contributed by atoms with Crippen molar-refractivity contribution in [2.75, 3.05) is 20.6 Å². The second kappa shape index (κ2) is 3.93. The van der Waals surface area contributed by atoms with E-state index in [1.54, 1.807) is 14.1 Å². The Kier molecular flexibility index (Phi) is 3.54. The average molecular weight is 142 g/mol. The highest BCUT2D eigenvalue weighted by atomic mass is 16.2. The van der Waals surface area contributed by atoms with Gasteiger partial charge in [0.2, 0.25) is 0 Å². The first kappa shape index (κ1) is 9.01. The first-order chi connectivity index (χ1) is 4.59. The quantitative estimate of drug-likeness (QED) is 0.571. The third-order valence-electron chi connectivity index (χ3n) is 1.05. The summed E-state index contributed by atoms with van der Waals surface area (Å²) >= 11 is 0. The van der Waals surface area contributed by atoms with Crippen molar-refractivity contribution in [2.24, 2.45) is 0 Å². The molecular weight excluding hydrogens is 128 g/mol. The molecule has 0 aromatic heterocycles. The van der Waals surface area contributed by atoms with Crippen molar-refractivity contribution in [3.63, 3.8) is 0 Å². The van der Waals surface area contributed by atoms with Gasteiger partial charge in [-0.15, -0.1) is 0 Å². The Hall–Kier alpha value is -0.990. The predicted molar refractivity (Wildman–Crippen MR) is 41.5 cm³/mol. The van der Waals surface area contributed by atoms with Crippen LogP contribution in [0.15, 0.2) is 12.3 Å². The van der Waals surface area contributed by atoms with E-state index in [1.807, 2.05) is 6.92 Å². The van der Waals surface area contributed by atoms with Crippen LogP contribution in [0.2, 0.25) is 0 Å². The lowest BCUT2D eigenvalue weighted by Gasteiger charge is -2.12. The van der Waals surface area contributed by atoms with Gasteiger partial charge in [0.1, 0.15) is 0 Å². The van der Waals surface area contributed by atoms with Crippen LogP contribution in [-0.4, -0.2) is 31.4 Å². The fourth-order valence-corrected chi connectivity index (χ4v) is 0.559. The molecule has 0 heterocycles. The van der Waals surface area contributed by atoms with Gasteiger partial charge in [-0.2, -0.15) is 0 Å². The average Bonchev–Trinajstić information content (AvgIpc) is 1.87. The summed E-state index contributed by atoms with van der Waals surface area (Å²) in [5, 5.41) is 2.84. The van der Waals surface area contributed by atoms with Gasteiger partial charge in [0, 0.05) is 20.6 Å². The van der Waals surface area contributed by atoms with Crippen LogP contribution in [0, 0.1) is 0 Å². The van der Waals surface area contributed by atoms with Gasteiger partial charge in [0.25, 0.3) is 5.91 Å². The first-order valence-corrected chi connectivity index (χ1v) is 3.24. The zero-order chi connectivity index (χ0) is 8.15. The van der Waals surface area contributed by atoms with Gasteiger partial charge in [-0.1, -0.05) is 6.58 Å². The minimum Gasteiger partial charge on any atom is -0.381 e. The highest BCUT2D eigenvalue weighted by Crippen LogP contribution is 1.88. The van der Waals surface area contributed by atoms with E-state index >= 15 is 0 Å². The third kappa shape index (κ3) is 2.53. The van der Waals surface area contributed by atoms with Gasteiger partial charge >= 0.3 is 0 Å². The Morgan fingerprint density at radius 2 is 2.10 bits per heavy atom. The molecule has 0 atom stereocenters. The topological polar surface area (TPSA) is 32.3 Å². The summed E-state index contributed by atoms with van der Waals surface area (Å²) in [4.78, 5) is 12.5. The summed E-state index contributed by atoms with van der Waals surface area (Å²) in [5.41, 5.74) is 0.451. The number of likely N-dealkylation sites (N-methyl/N-ethyl adjacent to an activating group) is 2. The molecule has 0 rings (SSSR count). The number of carbonyl (C=O) groups excluding carboxylic acids is 1. The number of amides is 1. The van der Waals surface area contributed by atoms with Gasteiger partial charge in [0.05, 0.1) is 5.70 Å². The van der Waals surface area contributed by atoms with E-state index in [0.29, 0.717) is 5.70 Å². The number of nitrogens with zero attached hydrogens (tertiary/aromatic N) is 1. The number of nitrogens with one attached hydrogen (secondary N) is 1. The highest BCUT2D eigenvalue weighted by Gasteiger charge is 2.05. The van der Waals surface area contributed by atoms with E-state index in [0.717, 1.165) is 6.54 Å². The Morgan fingerprint density at radius 1 is 1.60 bits per heavy atom. The van der Waals surface area contributed by atoms with Gasteiger partial charge in [0.15, 0.2) is 0 Å². The van der Waals surface area contributed by atoms with Crippen LogP contribution < -0.4 is 5.32 Å². The lowest BCUT2D eigenvalue weighted by atomic mass is 10.4. The Balaban J connectivity index is 3.83. The lowest BCUT2D eigenvalue weighted by Crippen LogP contribution is -2.30. The third-order valence-corrected chi connectivity index (χ3v) is 1.05. The smallest absolute Gasteiger partial charge is 0.268 e. The van der Waals surface area contributed by atoms with E-state index in [4.69, 9.17) is 0 Å². The Morgan fingerprint density at radius 3 is 2.40 bits per heavy atom. The van der Waals surface area contributed by atoms with Gasteiger partial charge < -0.3 is 10.2 Å². The van der Waals surface area contributed by atoms with Crippen molar-refractivity contribution in [1.82, 2.24) is 10.2 Å². The molecule has 1 N–H and O–H groups in total. The van der Waals surface area contributed by atoms with E-state index in [9.17, 15) is 4.79 Å². The minimum atomic E-state index is -0.0677. The van der Waals surface area contributed by atoms with Crippen LogP contribution in [0.1, 0.15) is 6.92 Å². The van der Waals surface area contributed by atoms with Crippen LogP contribution in [0.4, 0.5) is 0 Å². The van der Waals surface area contributed by atoms with Gasteiger partial charge in [-0.05, 0) is 6.92 Å². The Labute approximate surface area is 61.7 Å². The zero-order valence-corrected chi connectivity index (χ0v) is 6.77. The summed E-state index contributed by atoms with van der Waals surface area (Å²) in [6.45, 7) is 6.22. The normalized spacial score (nSPS) is 8.70. The molecule has 0 bridgehead atoms. The summed E-state index contributed by atoms with van der Waals surface area (Å²) < 4.78 is 0. The van der Waals surface area contributed by atoms with Crippen LogP contribution >= 0.6 is 0 Å². The second-order valence-electron chi connectivity index (χ2n) is 2.21. The van der Waals surface area contributed by atoms with Gasteiger partial charge in [-0.25, -0.2) is 0 Å². The molecule has 0 unspecified atom stereocenters. The van der Waals surface area contributed by atoms with E-state index in [2.05, 4.69) is 11.9 Å². The molecule has 3 heteroatoms. The standard InChI is InChI=1S/C7H14N2O/c1-5-8-6(2)7(10)9(3)4/h8H,2,5H2,1,3-4H3. The van der Waals surface area contributed by atoms with Crippen molar-refractivity contribution in [2.45, 2.75) is 6.92 Å². The number of rotatable bonds is 3. The molecule has 0 aliphatic carbocycles. The fourth-order valence-electron chi connectivity index (χ4n) is 0.559. The molecule has 0 saturated carbocycles. The minimum absolute atomic E-state index is 0.0677. The molecule has 0 aliphatic heterocycles. The maximum Gasteiger partial charge on any atom is 0.268 e. The van der Waals surface area contributed by atoms with Gasteiger partial charge in [-0.3, -0.25) is 4.79 Å². The van der Waals surface area contributed by atoms with Crippen molar-refractivity contribution in [3.8, 4) is 0 Å². The molecular formula is C7H14N2O. The van der Waals surface area contributed by atoms with E-state index in [-0.39, 0.29) is 5.91 Å². The molecule has 0 spiro atoms. The molecule has 0 saturated heterocycles. The van der Waals surface area contributed by atoms with Crippen LogP contribution in [0.3, 0.4) is 0 Å².